The molecule has 0 aromatic carbocycles. The summed E-state index contributed by atoms with van der Waals surface area (Å²) < 4.78 is 29.7. The molecule has 0 radical (unpaired) electrons. The summed E-state index contributed by atoms with van der Waals surface area (Å²) in [5, 5.41) is 7.66. The van der Waals surface area contributed by atoms with Crippen molar-refractivity contribution in [1.82, 2.24) is 24.3 Å². The topological polar surface area (TPSA) is 81.3 Å². The molecule has 34 heavy (non-hydrogen) atoms. The summed E-state index contributed by atoms with van der Waals surface area (Å²) in [5.41, 5.74) is 1.96. The minimum Gasteiger partial charge on any atom is -0.367 e. The number of amidine groups is 1. The predicted octanol–water partition coefficient (Wildman–Crippen LogP) is 4.68. The van der Waals surface area contributed by atoms with Gasteiger partial charge in [-0.25, -0.2) is 9.30 Å². The zero-order chi connectivity index (χ0) is 25.9. The number of piperidine rings is 1. The quantitative estimate of drug-likeness (QED) is 0.361. The van der Waals surface area contributed by atoms with Crippen molar-refractivity contribution in [3.63, 3.8) is 0 Å². The molecule has 2 rings (SSSR count). The monoisotopic (exact) mass is 499 g/mol. The highest BCUT2D eigenvalue weighted by molar-refractivity contribution is 8.26. The van der Waals surface area contributed by atoms with Gasteiger partial charge in [0.1, 0.15) is 0 Å². The summed E-state index contributed by atoms with van der Waals surface area (Å²) in [6.45, 7) is 15.2. The van der Waals surface area contributed by atoms with Gasteiger partial charge in [-0.05, 0) is 57.4 Å². The lowest BCUT2D eigenvalue weighted by molar-refractivity contribution is 0.271. The van der Waals surface area contributed by atoms with Crippen LogP contribution in [0.15, 0.2) is 27.7 Å². The number of nitrogens with zero attached hydrogens (tertiary/aromatic N) is 6. The SMILES string of the molecule is C=N/C(NCC1CCN(S(C)(C)O)CC1)=C(/F)C(=NC)N(C)Cc1cc(C)nn1CCC.CC. The molecule has 0 amide bonds. The number of hydrogen-bond donors (Lipinski definition) is 2. The molecule has 2 heterocycles. The summed E-state index contributed by atoms with van der Waals surface area (Å²) in [6, 6.07) is 2.02. The van der Waals surface area contributed by atoms with Crippen molar-refractivity contribution in [3.8, 4) is 0 Å². The largest absolute Gasteiger partial charge is 0.367 e. The number of aryl methyl sites for hydroxylation is 2. The summed E-state index contributed by atoms with van der Waals surface area (Å²) in [7, 11) is 1.73. The fourth-order valence-corrected chi connectivity index (χ4v) is 5.10. The second-order valence-corrected chi connectivity index (χ2v) is 11.7. The van der Waals surface area contributed by atoms with Crippen LogP contribution in [0.25, 0.3) is 0 Å². The van der Waals surface area contributed by atoms with Crippen LogP contribution in [0.4, 0.5) is 4.39 Å². The zero-order valence-electron chi connectivity index (χ0n) is 22.4. The molecule has 1 saturated heterocycles. The van der Waals surface area contributed by atoms with Crippen LogP contribution in [0.1, 0.15) is 51.4 Å². The van der Waals surface area contributed by atoms with Gasteiger partial charge in [-0.2, -0.15) is 9.49 Å². The van der Waals surface area contributed by atoms with Crippen molar-refractivity contribution in [1.29, 1.82) is 0 Å². The smallest absolute Gasteiger partial charge is 0.207 e. The van der Waals surface area contributed by atoms with Gasteiger partial charge >= 0.3 is 0 Å². The first-order valence-corrected chi connectivity index (χ1v) is 14.5. The Morgan fingerprint density at radius 1 is 1.35 bits per heavy atom. The molecule has 0 saturated carbocycles. The van der Waals surface area contributed by atoms with Crippen LogP contribution >= 0.6 is 10.5 Å². The van der Waals surface area contributed by atoms with Crippen molar-refractivity contribution in [3.05, 3.63) is 29.1 Å². The average molecular weight is 500 g/mol. The van der Waals surface area contributed by atoms with E-state index >= 15 is 4.39 Å². The number of aromatic nitrogens is 2. The summed E-state index contributed by atoms with van der Waals surface area (Å²) in [6.07, 6.45) is 6.66. The van der Waals surface area contributed by atoms with E-state index in [0.717, 1.165) is 50.3 Å². The molecule has 196 valence electrons. The number of nitrogens with one attached hydrogen (secondary N) is 1. The molecule has 1 fully saturated rings. The van der Waals surface area contributed by atoms with E-state index < -0.39 is 16.3 Å². The highest BCUT2D eigenvalue weighted by Gasteiger charge is 2.26. The fraction of sp³-hybridized carbons (Fsp3) is 0.708. The molecule has 1 aromatic heterocycles. The van der Waals surface area contributed by atoms with E-state index in [9.17, 15) is 4.55 Å². The molecule has 0 unspecified atom stereocenters. The summed E-state index contributed by atoms with van der Waals surface area (Å²) >= 11 is 0. The number of rotatable bonds is 10. The normalized spacial score (nSPS) is 16.9. The lowest BCUT2D eigenvalue weighted by Gasteiger charge is -2.42. The Morgan fingerprint density at radius 2 is 1.97 bits per heavy atom. The maximum atomic E-state index is 15.4. The van der Waals surface area contributed by atoms with Crippen molar-refractivity contribution in [2.24, 2.45) is 15.9 Å². The zero-order valence-corrected chi connectivity index (χ0v) is 23.3. The second kappa shape index (κ2) is 14.5. The van der Waals surface area contributed by atoms with Crippen molar-refractivity contribution >= 4 is 23.0 Å². The minimum atomic E-state index is -1.67. The van der Waals surface area contributed by atoms with Gasteiger partial charge in [-0.15, -0.1) is 0 Å². The van der Waals surface area contributed by atoms with Crippen LogP contribution in [0, 0.1) is 12.8 Å². The first-order valence-electron chi connectivity index (χ1n) is 12.1. The maximum absolute atomic E-state index is 15.4. The van der Waals surface area contributed by atoms with Gasteiger partial charge in [0.25, 0.3) is 0 Å². The van der Waals surface area contributed by atoms with Crippen LogP contribution in [0.2, 0.25) is 0 Å². The van der Waals surface area contributed by atoms with Crippen molar-refractivity contribution in [2.75, 3.05) is 46.2 Å². The third-order valence-electron chi connectivity index (χ3n) is 5.72. The van der Waals surface area contributed by atoms with E-state index in [2.05, 4.69) is 38.3 Å². The van der Waals surface area contributed by atoms with Crippen LogP contribution < -0.4 is 5.32 Å². The Morgan fingerprint density at radius 3 is 2.47 bits per heavy atom. The third kappa shape index (κ3) is 8.70. The molecular weight excluding hydrogens is 453 g/mol. The molecule has 0 spiro atoms. The van der Waals surface area contributed by atoms with E-state index in [1.807, 2.05) is 51.1 Å². The molecule has 1 aliphatic rings. The molecule has 10 heteroatoms. The Labute approximate surface area is 207 Å². The van der Waals surface area contributed by atoms with Gasteiger partial charge in [0, 0.05) is 40.3 Å². The van der Waals surface area contributed by atoms with Gasteiger partial charge in [0.15, 0.2) is 11.7 Å². The number of hydrogen-bond acceptors (Lipinski definition) is 6. The molecule has 8 nitrogen and oxygen atoms in total. The Kier molecular flexibility index (Phi) is 12.8. The van der Waals surface area contributed by atoms with Crippen molar-refractivity contribution in [2.45, 2.75) is 60.0 Å². The van der Waals surface area contributed by atoms with Gasteiger partial charge < -0.3 is 14.8 Å². The van der Waals surface area contributed by atoms with E-state index in [4.69, 9.17) is 0 Å². The Balaban J connectivity index is 0.00000281. The third-order valence-corrected chi connectivity index (χ3v) is 7.35. The van der Waals surface area contributed by atoms with Gasteiger partial charge in [-0.1, -0.05) is 31.3 Å². The molecule has 0 aliphatic carbocycles. The van der Waals surface area contributed by atoms with Gasteiger partial charge in [0.05, 0.1) is 17.9 Å². The number of halogens is 1. The molecular formula is C24H46FN7OS. The van der Waals surface area contributed by atoms with Crippen molar-refractivity contribution < 1.29 is 8.94 Å². The van der Waals surface area contributed by atoms with E-state index in [0.29, 0.717) is 19.0 Å². The summed E-state index contributed by atoms with van der Waals surface area (Å²) in [4.78, 5) is 9.87. The van der Waals surface area contributed by atoms with Crippen LogP contribution in [0.3, 0.4) is 0 Å². The number of likely N-dealkylation sites (N-methyl/N-ethyl adjacent to an activating group) is 1. The summed E-state index contributed by atoms with van der Waals surface area (Å²) in [5.74, 6) is 0.221. The van der Waals surface area contributed by atoms with Gasteiger partial charge in [0.2, 0.25) is 5.83 Å². The standard InChI is InChI=1S/C22H40FN7OS.C2H6/c1-8-11-30-19(14-17(2)27-30)16-28(5)22(25-4)20(23)21(24-3)26-15-18-9-12-29(13-10-18)32(6,7)31;1-2/h14,18,26,31H,3,8-13,15-16H2,1-2,4-7H3;1-2H3/b21-20-,25-22?;. The fourth-order valence-electron chi connectivity index (χ4n) is 4.00. The van der Waals surface area contributed by atoms with E-state index in [1.165, 1.54) is 0 Å². The minimum absolute atomic E-state index is 0.117. The Bertz CT molecular complexity index is 824. The molecule has 0 atom stereocenters. The first-order chi connectivity index (χ1) is 16.1. The molecule has 1 aliphatic heterocycles. The van der Waals surface area contributed by atoms with E-state index in [1.54, 1.807) is 11.9 Å². The highest BCUT2D eigenvalue weighted by atomic mass is 32.3. The molecule has 0 bridgehead atoms. The van der Waals surface area contributed by atoms with Crippen LogP contribution in [-0.2, 0) is 13.1 Å². The lowest BCUT2D eigenvalue weighted by Crippen LogP contribution is -2.38. The second-order valence-electron chi connectivity index (χ2n) is 8.70. The maximum Gasteiger partial charge on any atom is 0.207 e. The highest BCUT2D eigenvalue weighted by Crippen LogP contribution is 2.41. The average Bonchev–Trinajstić information content (AvgIpc) is 3.14. The van der Waals surface area contributed by atoms with Gasteiger partial charge in [-0.3, -0.25) is 9.67 Å². The van der Waals surface area contributed by atoms with Crippen LogP contribution in [0.5, 0.6) is 0 Å². The van der Waals surface area contributed by atoms with Crippen LogP contribution in [-0.4, -0.2) is 82.3 Å². The molecule has 2 N–H and O–H groups in total. The first kappa shape index (κ1) is 30.1. The van der Waals surface area contributed by atoms with E-state index in [-0.39, 0.29) is 11.7 Å². The molecule has 1 aromatic rings. The lowest BCUT2D eigenvalue weighted by atomic mass is 9.98. The predicted molar refractivity (Wildman–Crippen MR) is 145 cm³/mol. The number of aliphatic imine (C=N–C) groups is 2. The Hall–Kier alpha value is -1.91.